The maximum absolute atomic E-state index is 13.8. The second-order valence-electron chi connectivity index (χ2n) is 6.71. The summed E-state index contributed by atoms with van der Waals surface area (Å²) in [7, 11) is 0. The van der Waals surface area contributed by atoms with E-state index < -0.39 is 17.5 Å². The minimum atomic E-state index is -0.853. The highest BCUT2D eigenvalue weighted by Crippen LogP contribution is 2.15. The van der Waals surface area contributed by atoms with E-state index in [0.717, 1.165) is 6.07 Å². The molecular formula is C20H18F2N4O2. The fraction of sp³-hybridized carbons (Fsp3) is 0.250. The predicted octanol–water partition coefficient (Wildman–Crippen LogP) is 1.93. The zero-order chi connectivity index (χ0) is 19.7. The molecule has 0 saturated carbocycles. The molecule has 1 fully saturated rings. The van der Waals surface area contributed by atoms with Crippen molar-refractivity contribution in [3.63, 3.8) is 0 Å². The zero-order valence-corrected chi connectivity index (χ0v) is 15.0. The van der Waals surface area contributed by atoms with Gasteiger partial charge in [-0.2, -0.15) is 0 Å². The SMILES string of the molecule is O=C(c1ccc(F)cc1F)N1CCN(Cc2cc(=O)n3ccccc3n2)CC1. The number of benzene rings is 1. The van der Waals surface area contributed by atoms with Crippen LogP contribution in [0, 0.1) is 11.6 Å². The van der Waals surface area contributed by atoms with Gasteiger partial charge in [-0.1, -0.05) is 6.07 Å². The Bertz CT molecular complexity index is 1090. The number of rotatable bonds is 3. The number of hydrogen-bond donors (Lipinski definition) is 0. The van der Waals surface area contributed by atoms with Gasteiger partial charge in [0.25, 0.3) is 11.5 Å². The molecule has 0 radical (unpaired) electrons. The molecule has 2 aromatic heterocycles. The molecule has 8 heteroatoms. The number of amides is 1. The molecule has 1 aliphatic rings. The van der Waals surface area contributed by atoms with E-state index in [1.54, 1.807) is 23.2 Å². The minimum Gasteiger partial charge on any atom is -0.336 e. The van der Waals surface area contributed by atoms with E-state index >= 15 is 0 Å². The van der Waals surface area contributed by atoms with Gasteiger partial charge < -0.3 is 4.90 Å². The zero-order valence-electron chi connectivity index (χ0n) is 15.0. The number of nitrogens with zero attached hydrogens (tertiary/aromatic N) is 4. The summed E-state index contributed by atoms with van der Waals surface area (Å²) in [5.41, 5.74) is 0.992. The number of hydrogen-bond acceptors (Lipinski definition) is 4. The molecule has 1 aromatic carbocycles. The van der Waals surface area contributed by atoms with Crippen molar-refractivity contribution in [2.24, 2.45) is 0 Å². The molecule has 1 saturated heterocycles. The first-order chi connectivity index (χ1) is 13.5. The Morgan fingerprint density at radius 3 is 2.57 bits per heavy atom. The lowest BCUT2D eigenvalue weighted by atomic mass is 10.1. The molecule has 0 unspecified atom stereocenters. The summed E-state index contributed by atoms with van der Waals surface area (Å²) in [4.78, 5) is 32.8. The summed E-state index contributed by atoms with van der Waals surface area (Å²) in [6.07, 6.45) is 1.67. The maximum atomic E-state index is 13.8. The first-order valence-corrected chi connectivity index (χ1v) is 8.95. The standard InChI is InChI=1S/C20H18F2N4O2/c21-14-4-5-16(17(22)11-14)20(28)25-9-7-24(8-10-25)13-15-12-19(27)26-6-2-1-3-18(26)23-15/h1-6,11-12H,7-10,13H2. The highest BCUT2D eigenvalue weighted by molar-refractivity contribution is 5.94. The van der Waals surface area contributed by atoms with Crippen LogP contribution in [-0.2, 0) is 6.54 Å². The molecule has 0 atom stereocenters. The lowest BCUT2D eigenvalue weighted by Gasteiger charge is -2.34. The van der Waals surface area contributed by atoms with E-state index in [1.807, 2.05) is 6.07 Å². The molecule has 3 heterocycles. The third-order valence-corrected chi connectivity index (χ3v) is 4.83. The van der Waals surface area contributed by atoms with E-state index in [9.17, 15) is 18.4 Å². The third kappa shape index (κ3) is 3.63. The molecule has 0 spiro atoms. The lowest BCUT2D eigenvalue weighted by molar-refractivity contribution is 0.0622. The van der Waals surface area contributed by atoms with Crippen molar-refractivity contribution in [3.8, 4) is 0 Å². The monoisotopic (exact) mass is 384 g/mol. The van der Waals surface area contributed by atoms with Gasteiger partial charge in [0.15, 0.2) is 0 Å². The molecular weight excluding hydrogens is 366 g/mol. The number of piperazine rings is 1. The van der Waals surface area contributed by atoms with Crippen molar-refractivity contribution in [1.82, 2.24) is 19.2 Å². The van der Waals surface area contributed by atoms with Crippen LogP contribution >= 0.6 is 0 Å². The van der Waals surface area contributed by atoms with Crippen LogP contribution in [-0.4, -0.2) is 51.3 Å². The maximum Gasteiger partial charge on any atom is 0.258 e. The fourth-order valence-corrected chi connectivity index (χ4v) is 3.36. The Balaban J connectivity index is 1.42. The molecule has 6 nitrogen and oxygen atoms in total. The number of carbonyl (C=O) groups is 1. The van der Waals surface area contributed by atoms with Gasteiger partial charge >= 0.3 is 0 Å². The highest BCUT2D eigenvalue weighted by atomic mass is 19.1. The largest absolute Gasteiger partial charge is 0.336 e. The van der Waals surface area contributed by atoms with Crippen LogP contribution in [0.3, 0.4) is 0 Å². The van der Waals surface area contributed by atoms with Crippen LogP contribution < -0.4 is 5.56 Å². The molecule has 1 amide bonds. The summed E-state index contributed by atoms with van der Waals surface area (Å²) in [5, 5.41) is 0. The molecule has 28 heavy (non-hydrogen) atoms. The first kappa shape index (κ1) is 18.2. The van der Waals surface area contributed by atoms with E-state index in [-0.39, 0.29) is 11.1 Å². The Morgan fingerprint density at radius 1 is 1.04 bits per heavy atom. The number of pyridine rings is 1. The molecule has 0 aliphatic carbocycles. The van der Waals surface area contributed by atoms with Crippen molar-refractivity contribution in [1.29, 1.82) is 0 Å². The van der Waals surface area contributed by atoms with Crippen LogP contribution in [0.1, 0.15) is 16.1 Å². The number of carbonyl (C=O) groups excluding carboxylic acids is 1. The van der Waals surface area contributed by atoms with Crippen molar-refractivity contribution in [2.75, 3.05) is 26.2 Å². The number of aromatic nitrogens is 2. The Hall–Kier alpha value is -3.13. The number of halogens is 2. The Kier molecular flexibility index (Phi) is 4.87. The lowest BCUT2D eigenvalue weighted by Crippen LogP contribution is -2.48. The van der Waals surface area contributed by atoms with Crippen molar-refractivity contribution < 1.29 is 13.6 Å². The summed E-state index contributed by atoms with van der Waals surface area (Å²) in [5.74, 6) is -2.01. The average molecular weight is 384 g/mol. The van der Waals surface area contributed by atoms with Crippen molar-refractivity contribution in [2.45, 2.75) is 6.54 Å². The smallest absolute Gasteiger partial charge is 0.258 e. The van der Waals surface area contributed by atoms with E-state index in [2.05, 4.69) is 9.88 Å². The van der Waals surface area contributed by atoms with Gasteiger partial charge in [0.1, 0.15) is 17.3 Å². The van der Waals surface area contributed by atoms with Gasteiger partial charge in [0.2, 0.25) is 0 Å². The van der Waals surface area contributed by atoms with Crippen molar-refractivity contribution >= 4 is 11.6 Å². The summed E-state index contributed by atoms with van der Waals surface area (Å²) in [6, 6.07) is 9.85. The fourth-order valence-electron chi connectivity index (χ4n) is 3.36. The predicted molar refractivity (Wildman–Crippen MR) is 99.0 cm³/mol. The highest BCUT2D eigenvalue weighted by Gasteiger charge is 2.24. The second kappa shape index (κ2) is 7.47. The van der Waals surface area contributed by atoms with Gasteiger partial charge in [-0.3, -0.25) is 18.9 Å². The summed E-state index contributed by atoms with van der Waals surface area (Å²) >= 11 is 0. The molecule has 0 bridgehead atoms. The van der Waals surface area contributed by atoms with Crippen LogP contribution in [0.4, 0.5) is 8.78 Å². The number of fused-ring (bicyclic) bond motifs is 1. The Labute approximate surface area is 159 Å². The topological polar surface area (TPSA) is 57.9 Å². The second-order valence-corrected chi connectivity index (χ2v) is 6.71. The molecule has 144 valence electrons. The van der Waals surface area contributed by atoms with Gasteiger partial charge in [-0.05, 0) is 24.3 Å². The molecule has 4 rings (SSSR count). The van der Waals surface area contributed by atoms with E-state index in [1.165, 1.54) is 16.5 Å². The van der Waals surface area contributed by atoms with Crippen molar-refractivity contribution in [3.05, 3.63) is 81.9 Å². The molecule has 3 aromatic rings. The quantitative estimate of drug-likeness (QED) is 0.693. The van der Waals surface area contributed by atoms with Crippen LogP contribution in [0.25, 0.3) is 5.65 Å². The minimum absolute atomic E-state index is 0.126. The van der Waals surface area contributed by atoms with Crippen LogP contribution in [0.2, 0.25) is 0 Å². The van der Waals surface area contributed by atoms with Gasteiger partial charge in [0, 0.05) is 51.1 Å². The summed E-state index contributed by atoms with van der Waals surface area (Å²) < 4.78 is 28.4. The molecule has 0 N–H and O–H groups in total. The van der Waals surface area contributed by atoms with Crippen LogP contribution in [0.15, 0.2) is 53.5 Å². The van der Waals surface area contributed by atoms with Crippen LogP contribution in [0.5, 0.6) is 0 Å². The van der Waals surface area contributed by atoms with Gasteiger partial charge in [0.05, 0.1) is 11.3 Å². The first-order valence-electron chi connectivity index (χ1n) is 8.95. The Morgan fingerprint density at radius 2 is 1.82 bits per heavy atom. The van der Waals surface area contributed by atoms with E-state index in [0.29, 0.717) is 50.1 Å². The normalized spacial score (nSPS) is 15.1. The van der Waals surface area contributed by atoms with Gasteiger partial charge in [-0.15, -0.1) is 0 Å². The third-order valence-electron chi connectivity index (χ3n) is 4.83. The van der Waals surface area contributed by atoms with Gasteiger partial charge in [-0.25, -0.2) is 13.8 Å². The average Bonchev–Trinajstić information content (AvgIpc) is 2.68. The molecule has 1 aliphatic heterocycles. The summed E-state index contributed by atoms with van der Waals surface area (Å²) in [6.45, 7) is 2.48. The van der Waals surface area contributed by atoms with E-state index in [4.69, 9.17) is 0 Å².